The van der Waals surface area contributed by atoms with Gasteiger partial charge in [0.05, 0.1) is 22.8 Å². The minimum absolute atomic E-state index is 0.188. The first-order chi connectivity index (χ1) is 13.5. The molecule has 0 aliphatic heterocycles. The lowest BCUT2D eigenvalue weighted by atomic mass is 10.0. The first-order valence-electron chi connectivity index (χ1n) is 8.34. The molecule has 1 aliphatic carbocycles. The number of fused-ring (bicyclic) bond motifs is 1. The topological polar surface area (TPSA) is 99.6 Å². The zero-order valence-electron chi connectivity index (χ0n) is 15.5. The highest BCUT2D eigenvalue weighted by atomic mass is 127. The lowest BCUT2D eigenvalue weighted by molar-refractivity contribution is -0.115. The standard InChI is InChI=1S/C19H18IN3O5/c1-10-6-13(24)17(16(20)18(10)25)23-19-11-7-14(27-3)15(28-5-4-26-2)8-12(11)21-9-22-19/h6-9H,4-5H2,1-3H3,(H,21,22,23). The van der Waals surface area contributed by atoms with Crippen LogP contribution in [0, 0.1) is 0 Å². The molecule has 2 aromatic rings. The van der Waals surface area contributed by atoms with Gasteiger partial charge >= 0.3 is 0 Å². The monoisotopic (exact) mass is 495 g/mol. The van der Waals surface area contributed by atoms with Gasteiger partial charge < -0.3 is 19.5 Å². The SMILES string of the molecule is COCCOc1cc2ncnc(NC3=C(I)C(=O)C(C)=CC3=O)c2cc1OC. The van der Waals surface area contributed by atoms with Crippen molar-refractivity contribution in [2.45, 2.75) is 6.92 Å². The van der Waals surface area contributed by atoms with E-state index in [-0.39, 0.29) is 17.3 Å². The molecule has 9 heteroatoms. The van der Waals surface area contributed by atoms with Crippen molar-refractivity contribution in [3.63, 3.8) is 0 Å². The number of methoxy groups -OCH3 is 2. The van der Waals surface area contributed by atoms with Crippen molar-refractivity contribution < 1.29 is 23.8 Å². The number of hydrogen-bond donors (Lipinski definition) is 1. The van der Waals surface area contributed by atoms with Gasteiger partial charge in [0.2, 0.25) is 5.78 Å². The predicted molar refractivity (Wildman–Crippen MR) is 112 cm³/mol. The highest BCUT2D eigenvalue weighted by Crippen LogP contribution is 2.35. The van der Waals surface area contributed by atoms with E-state index >= 15 is 0 Å². The maximum absolute atomic E-state index is 12.4. The number of carbonyl (C=O) groups excluding carboxylic acids is 2. The summed E-state index contributed by atoms with van der Waals surface area (Å²) < 4.78 is 16.4. The van der Waals surface area contributed by atoms with Gasteiger partial charge in [0.15, 0.2) is 17.3 Å². The van der Waals surface area contributed by atoms with E-state index in [1.807, 2.05) is 22.6 Å². The molecule has 3 rings (SSSR count). The smallest absolute Gasteiger partial charge is 0.203 e. The predicted octanol–water partition coefficient (Wildman–Crippen LogP) is 2.82. The van der Waals surface area contributed by atoms with Crippen LogP contribution in [0.5, 0.6) is 11.5 Å². The largest absolute Gasteiger partial charge is 0.493 e. The number of ether oxygens (including phenoxy) is 3. The van der Waals surface area contributed by atoms with Crippen LogP contribution in [0.25, 0.3) is 10.9 Å². The summed E-state index contributed by atoms with van der Waals surface area (Å²) in [5.74, 6) is 0.942. The molecule has 0 unspecified atom stereocenters. The van der Waals surface area contributed by atoms with Crippen molar-refractivity contribution in [2.24, 2.45) is 0 Å². The first-order valence-corrected chi connectivity index (χ1v) is 9.42. The molecule has 0 bridgehead atoms. The summed E-state index contributed by atoms with van der Waals surface area (Å²) in [5.41, 5.74) is 1.20. The average Bonchev–Trinajstić information content (AvgIpc) is 2.69. The quantitative estimate of drug-likeness (QED) is 0.356. The van der Waals surface area contributed by atoms with Crippen LogP contribution in [-0.2, 0) is 14.3 Å². The van der Waals surface area contributed by atoms with E-state index in [2.05, 4.69) is 15.3 Å². The van der Waals surface area contributed by atoms with Crippen LogP contribution in [0.3, 0.4) is 0 Å². The van der Waals surface area contributed by atoms with Gasteiger partial charge in [0, 0.05) is 24.1 Å². The molecule has 1 heterocycles. The molecule has 1 aromatic carbocycles. The third-order valence-electron chi connectivity index (χ3n) is 4.08. The number of nitrogens with zero attached hydrogens (tertiary/aromatic N) is 2. The maximum atomic E-state index is 12.4. The van der Waals surface area contributed by atoms with E-state index in [9.17, 15) is 9.59 Å². The fourth-order valence-corrected chi connectivity index (χ4v) is 3.46. The summed E-state index contributed by atoms with van der Waals surface area (Å²) >= 11 is 1.87. The van der Waals surface area contributed by atoms with Gasteiger partial charge in [-0.2, -0.15) is 0 Å². The van der Waals surface area contributed by atoms with Crippen LogP contribution in [0.15, 0.2) is 39.4 Å². The zero-order chi connectivity index (χ0) is 20.3. The molecule has 1 N–H and O–H groups in total. The molecule has 0 spiro atoms. The Hall–Kier alpha value is -2.53. The van der Waals surface area contributed by atoms with Crippen molar-refractivity contribution in [1.29, 1.82) is 0 Å². The van der Waals surface area contributed by atoms with Gasteiger partial charge in [-0.25, -0.2) is 9.97 Å². The molecular weight excluding hydrogens is 477 g/mol. The highest BCUT2D eigenvalue weighted by molar-refractivity contribution is 14.1. The number of aromatic nitrogens is 2. The lowest BCUT2D eigenvalue weighted by Crippen LogP contribution is -2.20. The number of rotatable bonds is 7. The van der Waals surface area contributed by atoms with E-state index in [1.165, 1.54) is 19.5 Å². The van der Waals surface area contributed by atoms with Gasteiger partial charge in [-0.3, -0.25) is 9.59 Å². The highest BCUT2D eigenvalue weighted by Gasteiger charge is 2.25. The summed E-state index contributed by atoms with van der Waals surface area (Å²) in [4.78, 5) is 33.1. The number of benzene rings is 1. The minimum Gasteiger partial charge on any atom is -0.493 e. The molecule has 1 aliphatic rings. The van der Waals surface area contributed by atoms with Crippen LogP contribution >= 0.6 is 22.6 Å². The van der Waals surface area contributed by atoms with Crippen molar-refractivity contribution in [1.82, 2.24) is 9.97 Å². The summed E-state index contributed by atoms with van der Waals surface area (Å²) in [6, 6.07) is 3.46. The third kappa shape index (κ3) is 3.99. The average molecular weight is 495 g/mol. The molecular formula is C19H18IN3O5. The molecule has 0 saturated heterocycles. The van der Waals surface area contributed by atoms with Gasteiger partial charge in [-0.15, -0.1) is 0 Å². The number of allylic oxidation sites excluding steroid dienone is 3. The molecule has 0 amide bonds. The molecule has 0 saturated carbocycles. The molecule has 28 heavy (non-hydrogen) atoms. The van der Waals surface area contributed by atoms with Gasteiger partial charge in [0.1, 0.15) is 24.4 Å². The Morgan fingerprint density at radius 3 is 2.61 bits per heavy atom. The Balaban J connectivity index is 2.01. The number of carbonyl (C=O) groups is 2. The van der Waals surface area contributed by atoms with E-state index in [1.54, 1.807) is 26.2 Å². The number of anilines is 1. The third-order valence-corrected chi connectivity index (χ3v) is 5.11. The second kappa shape index (κ2) is 8.65. The van der Waals surface area contributed by atoms with Gasteiger partial charge in [0.25, 0.3) is 0 Å². The normalized spacial score (nSPS) is 14.4. The molecule has 1 aromatic heterocycles. The Morgan fingerprint density at radius 1 is 1.11 bits per heavy atom. The number of Topliss-reactive ketones (excluding diaryl/α,β-unsaturated/α-hetero) is 1. The van der Waals surface area contributed by atoms with Crippen molar-refractivity contribution >= 4 is 50.9 Å². The number of hydrogen-bond acceptors (Lipinski definition) is 8. The Kier molecular flexibility index (Phi) is 6.25. The second-order valence-corrected chi connectivity index (χ2v) is 7.00. The number of ketones is 2. The number of nitrogens with one attached hydrogen (secondary N) is 1. The summed E-state index contributed by atoms with van der Waals surface area (Å²) in [7, 11) is 3.12. The first kappa shape index (κ1) is 20.2. The van der Waals surface area contributed by atoms with Gasteiger partial charge in [-0.05, 0) is 41.7 Å². The fraction of sp³-hybridized carbons (Fsp3) is 0.263. The summed E-state index contributed by atoms with van der Waals surface area (Å²) in [6.07, 6.45) is 2.69. The Morgan fingerprint density at radius 2 is 1.89 bits per heavy atom. The van der Waals surface area contributed by atoms with Crippen molar-refractivity contribution in [3.05, 3.63) is 39.4 Å². The Bertz CT molecular complexity index is 1020. The summed E-state index contributed by atoms with van der Waals surface area (Å²) in [5, 5.41) is 3.61. The van der Waals surface area contributed by atoms with Crippen molar-refractivity contribution in [3.8, 4) is 11.5 Å². The zero-order valence-corrected chi connectivity index (χ0v) is 17.7. The second-order valence-electron chi connectivity index (χ2n) is 5.92. The van der Waals surface area contributed by atoms with Gasteiger partial charge in [-0.1, -0.05) is 0 Å². The fourth-order valence-electron chi connectivity index (χ4n) is 2.63. The molecule has 8 nitrogen and oxygen atoms in total. The van der Waals surface area contributed by atoms with Crippen LogP contribution in [0.4, 0.5) is 5.82 Å². The number of halogens is 1. The van der Waals surface area contributed by atoms with Crippen LogP contribution in [0.2, 0.25) is 0 Å². The van der Waals surface area contributed by atoms with E-state index in [0.29, 0.717) is 50.6 Å². The maximum Gasteiger partial charge on any atom is 0.203 e. The minimum atomic E-state index is -0.278. The molecule has 0 fully saturated rings. The van der Waals surface area contributed by atoms with E-state index in [4.69, 9.17) is 14.2 Å². The van der Waals surface area contributed by atoms with Crippen LogP contribution < -0.4 is 14.8 Å². The molecule has 146 valence electrons. The Labute approximate surface area is 175 Å². The van der Waals surface area contributed by atoms with E-state index in [0.717, 1.165) is 0 Å². The summed E-state index contributed by atoms with van der Waals surface area (Å²) in [6.45, 7) is 2.42. The van der Waals surface area contributed by atoms with E-state index < -0.39 is 0 Å². The van der Waals surface area contributed by atoms with Crippen LogP contribution in [-0.4, -0.2) is 49.0 Å². The van der Waals surface area contributed by atoms with Crippen molar-refractivity contribution in [2.75, 3.05) is 32.8 Å². The molecule has 0 radical (unpaired) electrons. The van der Waals surface area contributed by atoms with Crippen LogP contribution in [0.1, 0.15) is 6.92 Å². The molecule has 0 atom stereocenters. The lowest BCUT2D eigenvalue weighted by Gasteiger charge is -2.17.